The molecule has 6 nitrogen and oxygen atoms in total. The van der Waals surface area contributed by atoms with E-state index in [0.717, 1.165) is 0 Å². The van der Waals surface area contributed by atoms with Gasteiger partial charge in [-0.25, -0.2) is 13.1 Å². The average molecular weight is 314 g/mol. The predicted molar refractivity (Wildman–Crippen MR) is 80.2 cm³/mol. The van der Waals surface area contributed by atoms with Gasteiger partial charge in [-0.3, -0.25) is 4.79 Å². The standard InChI is InChI=1S/C14H22N2O4S/c1-10(2)16-14(18)8-9-15-21(19,20)13-6-4-12(5-7-13)11(3)17/h4-7,10-11,15,17H,8-9H2,1-3H3,(H,16,18). The molecule has 21 heavy (non-hydrogen) atoms. The van der Waals surface area contributed by atoms with E-state index >= 15 is 0 Å². The maximum Gasteiger partial charge on any atom is 0.240 e. The van der Waals surface area contributed by atoms with Crippen LogP contribution in [0.3, 0.4) is 0 Å². The van der Waals surface area contributed by atoms with Gasteiger partial charge in [0.2, 0.25) is 15.9 Å². The van der Waals surface area contributed by atoms with E-state index in [9.17, 15) is 18.3 Å². The van der Waals surface area contributed by atoms with Gasteiger partial charge in [0.1, 0.15) is 0 Å². The van der Waals surface area contributed by atoms with Gasteiger partial charge in [-0.1, -0.05) is 12.1 Å². The van der Waals surface area contributed by atoms with Crippen molar-refractivity contribution in [2.24, 2.45) is 0 Å². The van der Waals surface area contributed by atoms with Crippen molar-refractivity contribution in [2.45, 2.75) is 44.2 Å². The van der Waals surface area contributed by atoms with Gasteiger partial charge in [0, 0.05) is 19.0 Å². The zero-order valence-corrected chi connectivity index (χ0v) is 13.3. The molecule has 1 atom stereocenters. The lowest BCUT2D eigenvalue weighted by Gasteiger charge is -2.10. The van der Waals surface area contributed by atoms with Crippen molar-refractivity contribution < 1.29 is 18.3 Å². The summed E-state index contributed by atoms with van der Waals surface area (Å²) in [5.41, 5.74) is 0.644. The monoisotopic (exact) mass is 314 g/mol. The molecule has 1 aromatic carbocycles. The largest absolute Gasteiger partial charge is 0.389 e. The molecular weight excluding hydrogens is 292 g/mol. The molecule has 0 saturated carbocycles. The first-order valence-corrected chi connectivity index (χ1v) is 8.27. The molecule has 0 fully saturated rings. The van der Waals surface area contributed by atoms with Crippen LogP contribution in [-0.4, -0.2) is 32.0 Å². The van der Waals surface area contributed by atoms with E-state index in [2.05, 4.69) is 10.0 Å². The second kappa shape index (κ2) is 7.53. The number of benzene rings is 1. The van der Waals surface area contributed by atoms with E-state index in [0.29, 0.717) is 5.56 Å². The smallest absolute Gasteiger partial charge is 0.240 e. The lowest BCUT2D eigenvalue weighted by atomic mass is 10.1. The summed E-state index contributed by atoms with van der Waals surface area (Å²) in [6.07, 6.45) is -0.558. The topological polar surface area (TPSA) is 95.5 Å². The zero-order chi connectivity index (χ0) is 16.0. The zero-order valence-electron chi connectivity index (χ0n) is 12.5. The van der Waals surface area contributed by atoms with Crippen molar-refractivity contribution >= 4 is 15.9 Å². The Kier molecular flexibility index (Phi) is 6.32. The van der Waals surface area contributed by atoms with Crippen LogP contribution in [0.5, 0.6) is 0 Å². The van der Waals surface area contributed by atoms with Crippen LogP contribution in [0, 0.1) is 0 Å². The first-order valence-electron chi connectivity index (χ1n) is 6.79. The Bertz CT molecular complexity index is 565. The Hall–Kier alpha value is -1.44. The highest BCUT2D eigenvalue weighted by molar-refractivity contribution is 7.89. The number of carbonyl (C=O) groups excluding carboxylic acids is 1. The summed E-state index contributed by atoms with van der Waals surface area (Å²) in [6, 6.07) is 6.01. The molecule has 0 heterocycles. The molecule has 0 radical (unpaired) electrons. The maximum absolute atomic E-state index is 12.0. The second-order valence-corrected chi connectivity index (χ2v) is 6.88. The summed E-state index contributed by atoms with van der Waals surface area (Å²) in [6.45, 7) is 5.33. The first-order chi connectivity index (χ1) is 9.72. The van der Waals surface area contributed by atoms with Gasteiger partial charge in [-0.2, -0.15) is 0 Å². The fourth-order valence-electron chi connectivity index (χ4n) is 1.70. The third kappa shape index (κ3) is 5.82. The minimum atomic E-state index is -3.64. The number of amides is 1. The number of rotatable bonds is 7. The molecule has 1 aromatic rings. The van der Waals surface area contributed by atoms with Crippen LogP contribution in [-0.2, 0) is 14.8 Å². The maximum atomic E-state index is 12.0. The molecule has 0 aliphatic heterocycles. The predicted octanol–water partition coefficient (Wildman–Crippen LogP) is 0.933. The van der Waals surface area contributed by atoms with Crippen molar-refractivity contribution in [1.82, 2.24) is 10.0 Å². The molecule has 7 heteroatoms. The van der Waals surface area contributed by atoms with Crippen molar-refractivity contribution in [1.29, 1.82) is 0 Å². The Balaban J connectivity index is 2.59. The molecule has 118 valence electrons. The minimum absolute atomic E-state index is 0.0297. The van der Waals surface area contributed by atoms with E-state index < -0.39 is 16.1 Å². The van der Waals surface area contributed by atoms with Crippen LogP contribution in [0.1, 0.15) is 38.9 Å². The van der Waals surface area contributed by atoms with Crippen LogP contribution in [0.25, 0.3) is 0 Å². The summed E-state index contributed by atoms with van der Waals surface area (Å²) in [7, 11) is -3.64. The number of carbonyl (C=O) groups is 1. The molecular formula is C14H22N2O4S. The van der Waals surface area contributed by atoms with E-state index in [4.69, 9.17) is 0 Å². The van der Waals surface area contributed by atoms with Gasteiger partial charge in [-0.15, -0.1) is 0 Å². The molecule has 0 aromatic heterocycles. The van der Waals surface area contributed by atoms with Crippen molar-refractivity contribution in [3.63, 3.8) is 0 Å². The van der Waals surface area contributed by atoms with E-state index in [1.807, 2.05) is 13.8 Å². The van der Waals surface area contributed by atoms with Crippen molar-refractivity contribution in [3.8, 4) is 0 Å². The summed E-state index contributed by atoms with van der Waals surface area (Å²) in [5.74, 6) is -0.197. The van der Waals surface area contributed by atoms with Crippen LogP contribution in [0.4, 0.5) is 0 Å². The number of hydrogen-bond donors (Lipinski definition) is 3. The molecule has 1 amide bonds. The van der Waals surface area contributed by atoms with Crippen LogP contribution in [0.2, 0.25) is 0 Å². The summed E-state index contributed by atoms with van der Waals surface area (Å²) < 4.78 is 26.4. The molecule has 3 N–H and O–H groups in total. The molecule has 0 bridgehead atoms. The number of aliphatic hydroxyl groups excluding tert-OH is 1. The number of sulfonamides is 1. The van der Waals surface area contributed by atoms with Crippen molar-refractivity contribution in [2.75, 3.05) is 6.54 Å². The fraction of sp³-hybridized carbons (Fsp3) is 0.500. The normalized spacial score (nSPS) is 13.2. The van der Waals surface area contributed by atoms with Crippen LogP contribution in [0.15, 0.2) is 29.2 Å². The highest BCUT2D eigenvalue weighted by Crippen LogP contribution is 2.15. The Labute approximate surface area is 125 Å². The molecule has 0 saturated heterocycles. The summed E-state index contributed by atoms with van der Waals surface area (Å²) in [4.78, 5) is 11.5. The molecule has 0 aliphatic rings. The molecule has 1 rings (SSSR count). The molecule has 0 spiro atoms. The third-order valence-electron chi connectivity index (χ3n) is 2.77. The average Bonchev–Trinajstić information content (AvgIpc) is 2.37. The Morgan fingerprint density at radius 3 is 2.24 bits per heavy atom. The van der Waals surface area contributed by atoms with Crippen molar-refractivity contribution in [3.05, 3.63) is 29.8 Å². The lowest BCUT2D eigenvalue weighted by molar-refractivity contribution is -0.121. The second-order valence-electron chi connectivity index (χ2n) is 5.11. The Morgan fingerprint density at radius 2 is 1.76 bits per heavy atom. The Morgan fingerprint density at radius 1 is 1.19 bits per heavy atom. The summed E-state index contributed by atoms with van der Waals surface area (Å²) in [5, 5.41) is 12.1. The third-order valence-corrected chi connectivity index (χ3v) is 4.24. The molecule has 0 aliphatic carbocycles. The minimum Gasteiger partial charge on any atom is -0.389 e. The van der Waals surface area contributed by atoms with E-state index in [1.165, 1.54) is 12.1 Å². The van der Waals surface area contributed by atoms with Crippen LogP contribution < -0.4 is 10.0 Å². The van der Waals surface area contributed by atoms with Gasteiger partial charge in [0.05, 0.1) is 11.0 Å². The number of nitrogens with one attached hydrogen (secondary N) is 2. The molecule has 1 unspecified atom stereocenters. The highest BCUT2D eigenvalue weighted by Gasteiger charge is 2.14. The van der Waals surface area contributed by atoms with E-state index in [-0.39, 0.29) is 29.8 Å². The fourth-order valence-corrected chi connectivity index (χ4v) is 2.73. The first kappa shape index (κ1) is 17.6. The summed E-state index contributed by atoms with van der Waals surface area (Å²) >= 11 is 0. The van der Waals surface area contributed by atoms with Gasteiger partial charge in [0.25, 0.3) is 0 Å². The van der Waals surface area contributed by atoms with Gasteiger partial charge in [0.15, 0.2) is 0 Å². The van der Waals surface area contributed by atoms with Gasteiger partial charge < -0.3 is 10.4 Å². The van der Waals surface area contributed by atoms with Gasteiger partial charge >= 0.3 is 0 Å². The quantitative estimate of drug-likeness (QED) is 0.698. The van der Waals surface area contributed by atoms with Gasteiger partial charge in [-0.05, 0) is 38.5 Å². The van der Waals surface area contributed by atoms with Crippen LogP contribution >= 0.6 is 0 Å². The number of hydrogen-bond acceptors (Lipinski definition) is 4. The van der Waals surface area contributed by atoms with E-state index in [1.54, 1.807) is 19.1 Å². The lowest BCUT2D eigenvalue weighted by Crippen LogP contribution is -2.34. The highest BCUT2D eigenvalue weighted by atomic mass is 32.2. The SMILES string of the molecule is CC(C)NC(=O)CCNS(=O)(=O)c1ccc(C(C)O)cc1. The number of aliphatic hydroxyl groups is 1.